The molecule has 3 rings (SSSR count). The normalized spacial score (nSPS) is 17.3. The van der Waals surface area contributed by atoms with Crippen LogP contribution in [0.25, 0.3) is 0 Å². The van der Waals surface area contributed by atoms with E-state index in [0.29, 0.717) is 11.6 Å². The van der Waals surface area contributed by atoms with Crippen molar-refractivity contribution in [3.63, 3.8) is 0 Å². The molecule has 0 saturated carbocycles. The van der Waals surface area contributed by atoms with Gasteiger partial charge in [0.1, 0.15) is 0 Å². The molecule has 0 aromatic heterocycles. The summed E-state index contributed by atoms with van der Waals surface area (Å²) < 4.78 is 0. The van der Waals surface area contributed by atoms with Crippen LogP contribution in [-0.4, -0.2) is 23.9 Å². The third-order valence-electron chi connectivity index (χ3n) is 4.95. The van der Waals surface area contributed by atoms with Gasteiger partial charge in [0.25, 0.3) is 5.91 Å². The zero-order valence-corrected chi connectivity index (χ0v) is 16.8. The quantitative estimate of drug-likeness (QED) is 0.601. The lowest BCUT2D eigenvalue weighted by Gasteiger charge is -2.40. The summed E-state index contributed by atoms with van der Waals surface area (Å²) in [7, 11) is 0. The minimum absolute atomic E-state index is 0.0965. The zero-order chi connectivity index (χ0) is 19.4. The van der Waals surface area contributed by atoms with E-state index >= 15 is 0 Å². The summed E-state index contributed by atoms with van der Waals surface area (Å²) in [6, 6.07) is 15.4. The van der Waals surface area contributed by atoms with Gasteiger partial charge in [-0.3, -0.25) is 4.79 Å². The number of rotatable bonds is 1. The number of aryl methyl sites for hydroxylation is 1. The number of piperidine rings is 1. The summed E-state index contributed by atoms with van der Waals surface area (Å²) in [5.74, 6) is 6.42. The summed E-state index contributed by atoms with van der Waals surface area (Å²) >= 11 is 6.00. The Balaban J connectivity index is 1.73. The SMILES string of the molecule is Cc1cccc(C(=O)N2CC/C(=C\C#Cc3cccc(Cl)c3)C(C)(C)C2)c1. The van der Waals surface area contributed by atoms with Crippen molar-refractivity contribution in [2.45, 2.75) is 27.2 Å². The lowest BCUT2D eigenvalue weighted by molar-refractivity contribution is 0.0663. The van der Waals surface area contributed by atoms with Crippen molar-refractivity contribution in [1.29, 1.82) is 0 Å². The van der Waals surface area contributed by atoms with Crippen LogP contribution in [0.2, 0.25) is 5.02 Å². The Morgan fingerprint density at radius 2 is 1.96 bits per heavy atom. The van der Waals surface area contributed by atoms with E-state index in [-0.39, 0.29) is 11.3 Å². The van der Waals surface area contributed by atoms with E-state index in [0.717, 1.165) is 29.7 Å². The minimum atomic E-state index is -0.0965. The third kappa shape index (κ3) is 4.81. The number of hydrogen-bond donors (Lipinski definition) is 0. The van der Waals surface area contributed by atoms with Gasteiger partial charge in [-0.1, -0.05) is 66.6 Å². The first-order valence-corrected chi connectivity index (χ1v) is 9.55. The Bertz CT molecular complexity index is 946. The first-order valence-electron chi connectivity index (χ1n) is 9.18. The number of carbonyl (C=O) groups is 1. The Kier molecular flexibility index (Phi) is 5.73. The maximum absolute atomic E-state index is 12.8. The average molecular weight is 378 g/mol. The van der Waals surface area contributed by atoms with E-state index in [1.54, 1.807) is 0 Å². The van der Waals surface area contributed by atoms with Gasteiger partial charge < -0.3 is 4.90 Å². The van der Waals surface area contributed by atoms with Crippen LogP contribution in [0.1, 0.15) is 41.8 Å². The highest BCUT2D eigenvalue weighted by Gasteiger charge is 2.33. The van der Waals surface area contributed by atoms with Crippen LogP contribution >= 0.6 is 11.6 Å². The van der Waals surface area contributed by atoms with E-state index in [1.165, 1.54) is 5.57 Å². The average Bonchev–Trinajstić information content (AvgIpc) is 2.62. The van der Waals surface area contributed by atoms with E-state index in [1.807, 2.05) is 66.4 Å². The molecule has 27 heavy (non-hydrogen) atoms. The maximum Gasteiger partial charge on any atom is 0.253 e. The summed E-state index contributed by atoms with van der Waals surface area (Å²) in [4.78, 5) is 14.8. The molecule has 3 heteroatoms. The van der Waals surface area contributed by atoms with Gasteiger partial charge in [-0.2, -0.15) is 0 Å². The second-order valence-corrected chi connectivity index (χ2v) is 8.12. The molecular weight excluding hydrogens is 354 g/mol. The smallest absolute Gasteiger partial charge is 0.253 e. The van der Waals surface area contributed by atoms with Gasteiger partial charge in [0.2, 0.25) is 0 Å². The number of hydrogen-bond acceptors (Lipinski definition) is 1. The van der Waals surface area contributed by atoms with Crippen LogP contribution in [0.15, 0.2) is 60.2 Å². The molecule has 2 aromatic rings. The molecule has 138 valence electrons. The second-order valence-electron chi connectivity index (χ2n) is 7.68. The van der Waals surface area contributed by atoms with Crippen LogP contribution in [0.5, 0.6) is 0 Å². The van der Waals surface area contributed by atoms with E-state index in [2.05, 4.69) is 25.7 Å². The van der Waals surface area contributed by atoms with Crippen molar-refractivity contribution in [1.82, 2.24) is 4.90 Å². The molecule has 1 aliphatic heterocycles. The van der Waals surface area contributed by atoms with Crippen molar-refractivity contribution in [2.24, 2.45) is 5.41 Å². The van der Waals surface area contributed by atoms with E-state index in [9.17, 15) is 4.79 Å². The highest BCUT2D eigenvalue weighted by Crippen LogP contribution is 2.34. The van der Waals surface area contributed by atoms with Crippen LogP contribution < -0.4 is 0 Å². The molecule has 1 fully saturated rings. The van der Waals surface area contributed by atoms with Crippen molar-refractivity contribution >= 4 is 17.5 Å². The predicted molar refractivity (Wildman–Crippen MR) is 112 cm³/mol. The first-order chi connectivity index (χ1) is 12.8. The number of halogens is 1. The van der Waals surface area contributed by atoms with Gasteiger partial charge in [-0.15, -0.1) is 0 Å². The maximum atomic E-state index is 12.8. The fraction of sp³-hybridized carbons (Fsp3) is 0.292. The Morgan fingerprint density at radius 1 is 1.19 bits per heavy atom. The topological polar surface area (TPSA) is 20.3 Å². The molecular formula is C24H24ClNO. The summed E-state index contributed by atoms with van der Waals surface area (Å²) in [6.07, 6.45) is 2.85. The van der Waals surface area contributed by atoms with Crippen LogP contribution in [0.3, 0.4) is 0 Å². The molecule has 1 aliphatic rings. The molecule has 0 radical (unpaired) electrons. The van der Waals surface area contributed by atoms with Crippen LogP contribution in [0, 0.1) is 24.2 Å². The highest BCUT2D eigenvalue weighted by molar-refractivity contribution is 6.30. The molecule has 1 amide bonds. The standard InChI is InChI=1S/C24H24ClNO/c1-18-7-4-10-20(15-18)23(27)26-14-13-21(24(2,3)17-26)11-5-8-19-9-6-12-22(25)16-19/h4,6-7,9-12,15-16H,13-14,17H2,1-3H3/b21-11+. The summed E-state index contributed by atoms with van der Waals surface area (Å²) in [6.45, 7) is 7.78. The molecule has 2 aromatic carbocycles. The van der Waals surface area contributed by atoms with Gasteiger partial charge >= 0.3 is 0 Å². The highest BCUT2D eigenvalue weighted by atomic mass is 35.5. The molecule has 0 unspecified atom stereocenters. The lowest BCUT2D eigenvalue weighted by atomic mass is 9.78. The van der Waals surface area contributed by atoms with Crippen molar-refractivity contribution in [2.75, 3.05) is 13.1 Å². The van der Waals surface area contributed by atoms with E-state index < -0.39 is 0 Å². The molecule has 0 bridgehead atoms. The van der Waals surface area contributed by atoms with Gasteiger partial charge in [0.05, 0.1) is 0 Å². The number of allylic oxidation sites excluding steroid dienone is 1. The molecule has 0 atom stereocenters. The van der Waals surface area contributed by atoms with Crippen LogP contribution in [-0.2, 0) is 0 Å². The van der Waals surface area contributed by atoms with Crippen molar-refractivity contribution in [3.05, 3.63) is 81.9 Å². The zero-order valence-electron chi connectivity index (χ0n) is 16.1. The van der Waals surface area contributed by atoms with Gasteiger partial charge in [0, 0.05) is 34.7 Å². The molecule has 0 aliphatic carbocycles. The molecule has 1 saturated heterocycles. The van der Waals surface area contributed by atoms with E-state index in [4.69, 9.17) is 11.6 Å². The first kappa shape index (κ1) is 19.3. The van der Waals surface area contributed by atoms with Crippen molar-refractivity contribution < 1.29 is 4.79 Å². The monoisotopic (exact) mass is 377 g/mol. The molecule has 1 heterocycles. The predicted octanol–water partition coefficient (Wildman–Crippen LogP) is 5.50. The number of benzene rings is 2. The molecule has 2 nitrogen and oxygen atoms in total. The van der Waals surface area contributed by atoms with Gasteiger partial charge in [-0.25, -0.2) is 0 Å². The van der Waals surface area contributed by atoms with Gasteiger partial charge in [-0.05, 0) is 49.8 Å². The van der Waals surface area contributed by atoms with Crippen LogP contribution in [0.4, 0.5) is 0 Å². The fourth-order valence-corrected chi connectivity index (χ4v) is 3.62. The summed E-state index contributed by atoms with van der Waals surface area (Å²) in [5.41, 5.74) is 3.96. The lowest BCUT2D eigenvalue weighted by Crippen LogP contribution is -2.44. The van der Waals surface area contributed by atoms with Gasteiger partial charge in [0.15, 0.2) is 0 Å². The second kappa shape index (κ2) is 8.03. The number of nitrogens with zero attached hydrogens (tertiary/aromatic N) is 1. The van der Waals surface area contributed by atoms with Crippen molar-refractivity contribution in [3.8, 4) is 11.8 Å². The Morgan fingerprint density at radius 3 is 2.67 bits per heavy atom. The summed E-state index contributed by atoms with van der Waals surface area (Å²) in [5, 5.41) is 0.692. The molecule has 0 N–H and O–H groups in total. The fourth-order valence-electron chi connectivity index (χ4n) is 3.43. The minimum Gasteiger partial charge on any atom is -0.337 e. The molecule has 0 spiro atoms. The Labute approximate surface area is 166 Å². The third-order valence-corrected chi connectivity index (χ3v) is 5.18. The number of likely N-dealkylation sites (tertiary alicyclic amines) is 1. The number of amides is 1. The number of carbonyl (C=O) groups excluding carboxylic acids is 1. The Hall–Kier alpha value is -2.50. The largest absolute Gasteiger partial charge is 0.337 e.